The zero-order valence-corrected chi connectivity index (χ0v) is 11.8. The van der Waals surface area contributed by atoms with E-state index in [9.17, 15) is 0 Å². The standard InChI is InChI=1S/C13H17BrN2O2/c14-11-6-10(7-12-13(11)18-9-17-12)8-15-16-4-2-1-3-5-16/h6-7,15H,1-5,8-9H2. The lowest BCUT2D eigenvalue weighted by Crippen LogP contribution is -2.41. The first kappa shape index (κ1) is 12.3. The van der Waals surface area contributed by atoms with E-state index in [1.54, 1.807) is 0 Å². The summed E-state index contributed by atoms with van der Waals surface area (Å²) >= 11 is 3.52. The molecule has 0 radical (unpaired) electrons. The van der Waals surface area contributed by atoms with Crippen molar-refractivity contribution < 1.29 is 9.47 Å². The second-order valence-electron chi connectivity index (χ2n) is 4.69. The molecule has 0 aromatic heterocycles. The van der Waals surface area contributed by atoms with E-state index in [-0.39, 0.29) is 0 Å². The first-order chi connectivity index (χ1) is 8.83. The highest BCUT2D eigenvalue weighted by Crippen LogP contribution is 2.39. The van der Waals surface area contributed by atoms with Gasteiger partial charge in [0, 0.05) is 19.6 Å². The molecular weight excluding hydrogens is 296 g/mol. The summed E-state index contributed by atoms with van der Waals surface area (Å²) in [6.45, 7) is 3.43. The van der Waals surface area contributed by atoms with Gasteiger partial charge >= 0.3 is 0 Å². The lowest BCUT2D eigenvalue weighted by Gasteiger charge is -2.27. The Morgan fingerprint density at radius 2 is 2.00 bits per heavy atom. The minimum atomic E-state index is 0.316. The Hall–Kier alpha value is -0.780. The predicted octanol–water partition coefficient (Wildman–Crippen LogP) is 2.67. The molecule has 5 heteroatoms. The van der Waals surface area contributed by atoms with E-state index < -0.39 is 0 Å². The van der Waals surface area contributed by atoms with Gasteiger partial charge in [-0.05, 0) is 46.5 Å². The molecule has 1 aromatic carbocycles. The Morgan fingerprint density at radius 1 is 1.17 bits per heavy atom. The summed E-state index contributed by atoms with van der Waals surface area (Å²) in [4.78, 5) is 0. The van der Waals surface area contributed by atoms with Crippen LogP contribution in [0.4, 0.5) is 0 Å². The zero-order chi connectivity index (χ0) is 12.4. The van der Waals surface area contributed by atoms with Gasteiger partial charge in [-0.1, -0.05) is 6.42 Å². The Morgan fingerprint density at radius 3 is 2.83 bits per heavy atom. The lowest BCUT2D eigenvalue weighted by molar-refractivity contribution is 0.151. The number of hydrogen-bond donors (Lipinski definition) is 1. The van der Waals surface area contributed by atoms with E-state index in [4.69, 9.17) is 9.47 Å². The normalized spacial score (nSPS) is 19.2. The van der Waals surface area contributed by atoms with E-state index in [1.165, 1.54) is 24.8 Å². The topological polar surface area (TPSA) is 33.7 Å². The summed E-state index contributed by atoms with van der Waals surface area (Å²) < 4.78 is 11.8. The van der Waals surface area contributed by atoms with Gasteiger partial charge in [0.1, 0.15) is 0 Å². The molecule has 98 valence electrons. The minimum absolute atomic E-state index is 0.316. The van der Waals surface area contributed by atoms with Crippen LogP contribution in [-0.2, 0) is 6.54 Å². The molecule has 0 atom stereocenters. The smallest absolute Gasteiger partial charge is 0.231 e. The molecule has 2 heterocycles. The van der Waals surface area contributed by atoms with E-state index >= 15 is 0 Å². The first-order valence-corrected chi connectivity index (χ1v) is 7.19. The Kier molecular flexibility index (Phi) is 3.72. The monoisotopic (exact) mass is 312 g/mol. The van der Waals surface area contributed by atoms with Crippen molar-refractivity contribution in [1.82, 2.24) is 10.4 Å². The minimum Gasteiger partial charge on any atom is -0.454 e. The number of ether oxygens (including phenoxy) is 2. The zero-order valence-electron chi connectivity index (χ0n) is 10.2. The van der Waals surface area contributed by atoms with Crippen LogP contribution in [0.15, 0.2) is 16.6 Å². The molecule has 0 saturated carbocycles. The van der Waals surface area contributed by atoms with Crippen LogP contribution in [0.5, 0.6) is 11.5 Å². The van der Waals surface area contributed by atoms with Gasteiger partial charge in [-0.3, -0.25) is 5.43 Å². The summed E-state index contributed by atoms with van der Waals surface area (Å²) in [5.74, 6) is 1.65. The Balaban J connectivity index is 1.64. The fraction of sp³-hybridized carbons (Fsp3) is 0.538. The molecule has 1 aromatic rings. The molecule has 1 saturated heterocycles. The molecule has 0 aliphatic carbocycles. The summed E-state index contributed by atoms with van der Waals surface area (Å²) in [6, 6.07) is 4.13. The van der Waals surface area contributed by atoms with Crippen LogP contribution < -0.4 is 14.9 Å². The number of fused-ring (bicyclic) bond motifs is 1. The van der Waals surface area contributed by atoms with Crippen molar-refractivity contribution in [3.63, 3.8) is 0 Å². The SMILES string of the molecule is Brc1cc(CNN2CCCCC2)cc2c1OCO2. The summed E-state index contributed by atoms with van der Waals surface area (Å²) in [7, 11) is 0. The molecule has 18 heavy (non-hydrogen) atoms. The highest BCUT2D eigenvalue weighted by atomic mass is 79.9. The van der Waals surface area contributed by atoms with Crippen LogP contribution >= 0.6 is 15.9 Å². The van der Waals surface area contributed by atoms with Gasteiger partial charge in [-0.2, -0.15) is 0 Å². The third kappa shape index (κ3) is 2.63. The van der Waals surface area contributed by atoms with Gasteiger partial charge in [0.25, 0.3) is 0 Å². The molecule has 1 fully saturated rings. The maximum Gasteiger partial charge on any atom is 0.231 e. The van der Waals surface area contributed by atoms with Gasteiger partial charge in [0.05, 0.1) is 4.47 Å². The average Bonchev–Trinajstić information content (AvgIpc) is 2.86. The van der Waals surface area contributed by atoms with Crippen LogP contribution in [0.25, 0.3) is 0 Å². The molecule has 2 aliphatic rings. The second-order valence-corrected chi connectivity index (χ2v) is 5.55. The summed E-state index contributed by atoms with van der Waals surface area (Å²) in [6.07, 6.45) is 3.93. The fourth-order valence-electron chi connectivity index (χ4n) is 2.38. The van der Waals surface area contributed by atoms with Crippen molar-refractivity contribution in [2.24, 2.45) is 0 Å². The second kappa shape index (κ2) is 5.47. The van der Waals surface area contributed by atoms with E-state index in [2.05, 4.69) is 32.4 Å². The van der Waals surface area contributed by atoms with Crippen molar-refractivity contribution in [2.75, 3.05) is 19.9 Å². The fourth-order valence-corrected chi connectivity index (χ4v) is 2.98. The molecule has 1 N–H and O–H groups in total. The highest BCUT2D eigenvalue weighted by molar-refractivity contribution is 9.10. The number of rotatable bonds is 3. The third-order valence-corrected chi connectivity index (χ3v) is 3.94. The van der Waals surface area contributed by atoms with Crippen molar-refractivity contribution in [1.29, 1.82) is 0 Å². The van der Waals surface area contributed by atoms with Crippen LogP contribution in [0.1, 0.15) is 24.8 Å². The van der Waals surface area contributed by atoms with Crippen molar-refractivity contribution in [3.05, 3.63) is 22.2 Å². The third-order valence-electron chi connectivity index (χ3n) is 3.35. The van der Waals surface area contributed by atoms with Gasteiger partial charge in [-0.15, -0.1) is 0 Å². The van der Waals surface area contributed by atoms with Crippen LogP contribution in [0, 0.1) is 0 Å². The van der Waals surface area contributed by atoms with Crippen molar-refractivity contribution in [3.8, 4) is 11.5 Å². The number of halogens is 1. The number of nitrogens with zero attached hydrogens (tertiary/aromatic N) is 1. The van der Waals surface area contributed by atoms with Crippen molar-refractivity contribution in [2.45, 2.75) is 25.8 Å². The van der Waals surface area contributed by atoms with Crippen LogP contribution in [0.3, 0.4) is 0 Å². The van der Waals surface area contributed by atoms with Gasteiger partial charge in [0.2, 0.25) is 6.79 Å². The predicted molar refractivity (Wildman–Crippen MR) is 72.5 cm³/mol. The van der Waals surface area contributed by atoms with E-state index in [0.29, 0.717) is 6.79 Å². The van der Waals surface area contributed by atoms with Crippen LogP contribution in [-0.4, -0.2) is 24.9 Å². The lowest BCUT2D eigenvalue weighted by atomic mass is 10.1. The quantitative estimate of drug-likeness (QED) is 0.930. The Bertz CT molecular complexity index is 433. The van der Waals surface area contributed by atoms with E-state index in [0.717, 1.165) is 35.6 Å². The van der Waals surface area contributed by atoms with E-state index in [1.807, 2.05) is 6.07 Å². The molecule has 3 rings (SSSR count). The van der Waals surface area contributed by atoms with Crippen molar-refractivity contribution >= 4 is 15.9 Å². The maximum absolute atomic E-state index is 5.42. The number of piperidine rings is 1. The molecule has 0 amide bonds. The Labute approximate surface area is 115 Å². The van der Waals surface area contributed by atoms with Gasteiger partial charge in [-0.25, -0.2) is 5.01 Å². The molecule has 2 aliphatic heterocycles. The van der Waals surface area contributed by atoms with Crippen LogP contribution in [0.2, 0.25) is 0 Å². The first-order valence-electron chi connectivity index (χ1n) is 6.39. The molecule has 4 nitrogen and oxygen atoms in total. The molecular formula is C13H17BrN2O2. The number of benzene rings is 1. The highest BCUT2D eigenvalue weighted by Gasteiger charge is 2.18. The van der Waals surface area contributed by atoms with Gasteiger partial charge in [0.15, 0.2) is 11.5 Å². The van der Waals surface area contributed by atoms with Gasteiger partial charge < -0.3 is 9.47 Å². The molecule has 0 bridgehead atoms. The largest absolute Gasteiger partial charge is 0.454 e. The maximum atomic E-state index is 5.42. The average molecular weight is 313 g/mol. The summed E-state index contributed by atoms with van der Waals surface area (Å²) in [5.41, 5.74) is 4.68. The number of hydrazine groups is 1. The number of nitrogens with one attached hydrogen (secondary N) is 1. The summed E-state index contributed by atoms with van der Waals surface area (Å²) in [5, 5.41) is 2.31. The molecule has 0 unspecified atom stereocenters. The molecule has 0 spiro atoms. The number of hydrogen-bond acceptors (Lipinski definition) is 4.